The molecule has 3 amide bonds. The summed E-state index contributed by atoms with van der Waals surface area (Å²) in [5, 5.41) is 7.35. The monoisotopic (exact) mass is 452 g/mol. The Kier molecular flexibility index (Phi) is 6.35. The zero-order valence-corrected chi connectivity index (χ0v) is 18.8. The van der Waals surface area contributed by atoms with Gasteiger partial charge in [-0.25, -0.2) is 0 Å². The number of carbonyl (C=O) groups excluding carboxylic acids is 3. The van der Waals surface area contributed by atoms with Crippen LogP contribution in [0.3, 0.4) is 0 Å². The van der Waals surface area contributed by atoms with Crippen LogP contribution < -0.4 is 10.6 Å². The van der Waals surface area contributed by atoms with Crippen LogP contribution in [-0.2, 0) is 25.5 Å². The summed E-state index contributed by atoms with van der Waals surface area (Å²) in [6.45, 7) is 2.43. The lowest BCUT2D eigenvalue weighted by Gasteiger charge is -2.29. The van der Waals surface area contributed by atoms with E-state index in [4.69, 9.17) is 4.74 Å². The number of para-hydroxylation sites is 1. The Balaban J connectivity index is 1.16. The van der Waals surface area contributed by atoms with E-state index in [2.05, 4.69) is 21.7 Å². The van der Waals surface area contributed by atoms with E-state index < -0.39 is 0 Å². The van der Waals surface area contributed by atoms with Crippen molar-refractivity contribution in [3.63, 3.8) is 0 Å². The molecule has 0 unspecified atom stereocenters. The molecule has 0 radical (unpaired) electrons. The highest BCUT2D eigenvalue weighted by atomic mass is 16.5. The number of fused-ring (bicyclic) bond motifs is 2. The Labute approximate surface area is 193 Å². The number of hydrogen-bond acceptors (Lipinski definition) is 4. The Morgan fingerprint density at radius 1 is 1.12 bits per heavy atom. The Bertz CT molecular complexity index is 1030. The molecule has 3 heterocycles. The molecule has 33 heavy (non-hydrogen) atoms. The Morgan fingerprint density at radius 2 is 1.94 bits per heavy atom. The maximum Gasteiger partial charge on any atom is 0.239 e. The van der Waals surface area contributed by atoms with Crippen molar-refractivity contribution in [1.29, 1.82) is 0 Å². The molecular formula is C25H32N4O4. The molecule has 1 aromatic heterocycles. The average molecular weight is 453 g/mol. The number of benzene rings is 1. The molecule has 3 fully saturated rings. The number of nitrogens with one attached hydrogen (secondary N) is 3. The van der Waals surface area contributed by atoms with Crippen LogP contribution in [0.1, 0.15) is 31.2 Å². The van der Waals surface area contributed by atoms with Gasteiger partial charge in [-0.05, 0) is 49.7 Å². The first-order valence-electron chi connectivity index (χ1n) is 12.1. The van der Waals surface area contributed by atoms with E-state index in [1.54, 1.807) is 4.90 Å². The lowest BCUT2D eigenvalue weighted by molar-refractivity contribution is -0.141. The molecule has 1 aliphatic carbocycles. The van der Waals surface area contributed by atoms with Crippen molar-refractivity contribution in [3.05, 3.63) is 36.0 Å². The van der Waals surface area contributed by atoms with Gasteiger partial charge in [0.05, 0.1) is 6.54 Å². The topological polar surface area (TPSA) is 104 Å². The van der Waals surface area contributed by atoms with Gasteiger partial charge in [-0.2, -0.15) is 0 Å². The van der Waals surface area contributed by atoms with Crippen molar-refractivity contribution in [3.8, 4) is 0 Å². The van der Waals surface area contributed by atoms with E-state index in [1.165, 1.54) is 10.9 Å². The van der Waals surface area contributed by atoms with Crippen LogP contribution >= 0.6 is 0 Å². The number of nitrogens with zero attached hydrogens (tertiary/aromatic N) is 1. The summed E-state index contributed by atoms with van der Waals surface area (Å²) in [5.74, 6) is -0.109. The van der Waals surface area contributed by atoms with Gasteiger partial charge in [0.15, 0.2) is 0 Å². The molecule has 2 saturated heterocycles. The van der Waals surface area contributed by atoms with Crippen molar-refractivity contribution in [2.24, 2.45) is 17.8 Å². The fourth-order valence-corrected chi connectivity index (χ4v) is 5.66. The molecule has 3 atom stereocenters. The smallest absolute Gasteiger partial charge is 0.239 e. The maximum absolute atomic E-state index is 13.0. The predicted molar refractivity (Wildman–Crippen MR) is 123 cm³/mol. The largest absolute Gasteiger partial charge is 0.381 e. The minimum atomic E-state index is -0.138. The first-order valence-corrected chi connectivity index (χ1v) is 12.1. The highest BCUT2D eigenvalue weighted by Gasteiger charge is 2.42. The normalized spacial score (nSPS) is 26.0. The summed E-state index contributed by atoms with van der Waals surface area (Å²) in [5.41, 5.74) is 2.29. The molecular weight excluding hydrogens is 420 g/mol. The van der Waals surface area contributed by atoms with Crippen LogP contribution in [0.2, 0.25) is 0 Å². The van der Waals surface area contributed by atoms with Crippen molar-refractivity contribution in [2.75, 3.05) is 32.8 Å². The van der Waals surface area contributed by atoms with Crippen LogP contribution in [-0.4, -0.2) is 66.5 Å². The summed E-state index contributed by atoms with van der Waals surface area (Å²) < 4.78 is 5.37. The summed E-state index contributed by atoms with van der Waals surface area (Å²) in [4.78, 5) is 43.4. The number of aromatic amines is 1. The second kappa shape index (κ2) is 9.55. The number of hydrogen-bond donors (Lipinski definition) is 3. The van der Waals surface area contributed by atoms with Gasteiger partial charge in [0.2, 0.25) is 17.7 Å². The Morgan fingerprint density at radius 3 is 2.79 bits per heavy atom. The van der Waals surface area contributed by atoms with Crippen molar-refractivity contribution < 1.29 is 19.1 Å². The molecule has 1 saturated carbocycles. The number of H-pyrrole nitrogens is 1. The molecule has 5 rings (SSSR count). The molecule has 8 nitrogen and oxygen atoms in total. The van der Waals surface area contributed by atoms with Gasteiger partial charge in [0, 0.05) is 61.3 Å². The summed E-state index contributed by atoms with van der Waals surface area (Å²) in [6.07, 6.45) is 5.53. The highest BCUT2D eigenvalue weighted by Crippen LogP contribution is 2.34. The lowest BCUT2D eigenvalue weighted by Crippen LogP contribution is -2.43. The standard InChI is InChI=1S/C25H32N4O4/c30-23-15-29(25(32)16-6-9-33-10-7-16)14-19-11-18(12-22(19)28-23)24(31)26-8-5-17-13-27-21-4-2-1-3-20(17)21/h1-4,13,16,18-19,22,27H,5-12,14-15H2,(H,26,31)(H,28,30)/t18-,19+,22+/m0/s1. The van der Waals surface area contributed by atoms with Crippen molar-refractivity contribution in [2.45, 2.75) is 38.1 Å². The molecule has 0 spiro atoms. The van der Waals surface area contributed by atoms with E-state index in [1.807, 2.05) is 24.4 Å². The third-order valence-corrected chi connectivity index (χ3v) is 7.45. The number of carbonyl (C=O) groups is 3. The van der Waals surface area contributed by atoms with Gasteiger partial charge in [-0.3, -0.25) is 14.4 Å². The van der Waals surface area contributed by atoms with Crippen molar-refractivity contribution >= 4 is 28.6 Å². The van der Waals surface area contributed by atoms with Gasteiger partial charge in [-0.15, -0.1) is 0 Å². The van der Waals surface area contributed by atoms with E-state index in [9.17, 15) is 14.4 Å². The quantitative estimate of drug-likeness (QED) is 0.641. The van der Waals surface area contributed by atoms with Crippen LogP contribution in [0.4, 0.5) is 0 Å². The van der Waals surface area contributed by atoms with Gasteiger partial charge < -0.3 is 25.3 Å². The van der Waals surface area contributed by atoms with Crippen LogP contribution in [0.25, 0.3) is 10.9 Å². The summed E-state index contributed by atoms with van der Waals surface area (Å²) in [7, 11) is 0. The fraction of sp³-hybridized carbons (Fsp3) is 0.560. The average Bonchev–Trinajstić information content (AvgIpc) is 3.39. The minimum Gasteiger partial charge on any atom is -0.381 e. The van der Waals surface area contributed by atoms with Gasteiger partial charge >= 0.3 is 0 Å². The molecule has 3 aliphatic rings. The molecule has 8 heteroatoms. The molecule has 3 N–H and O–H groups in total. The Hall–Kier alpha value is -2.87. The summed E-state index contributed by atoms with van der Waals surface area (Å²) >= 11 is 0. The third-order valence-electron chi connectivity index (χ3n) is 7.45. The fourth-order valence-electron chi connectivity index (χ4n) is 5.66. The lowest BCUT2D eigenvalue weighted by atomic mass is 9.97. The molecule has 2 aromatic rings. The molecule has 1 aromatic carbocycles. The maximum atomic E-state index is 13.0. The predicted octanol–water partition coefficient (Wildman–Crippen LogP) is 1.61. The van der Waals surface area contributed by atoms with Crippen LogP contribution in [0, 0.1) is 17.8 Å². The number of ether oxygens (including phenoxy) is 1. The minimum absolute atomic E-state index is 0.0412. The molecule has 176 valence electrons. The van der Waals surface area contributed by atoms with Crippen molar-refractivity contribution in [1.82, 2.24) is 20.5 Å². The number of aromatic nitrogens is 1. The molecule has 2 aliphatic heterocycles. The van der Waals surface area contributed by atoms with E-state index in [0.29, 0.717) is 52.0 Å². The zero-order valence-electron chi connectivity index (χ0n) is 18.8. The first kappa shape index (κ1) is 21.9. The molecule has 0 bridgehead atoms. The van der Waals surface area contributed by atoms with Gasteiger partial charge in [0.25, 0.3) is 0 Å². The number of amides is 3. The van der Waals surface area contributed by atoms with E-state index >= 15 is 0 Å². The van der Waals surface area contributed by atoms with Gasteiger partial charge in [-0.1, -0.05) is 18.2 Å². The third kappa shape index (κ3) is 4.76. The first-order chi connectivity index (χ1) is 16.1. The second-order valence-electron chi connectivity index (χ2n) is 9.61. The van der Waals surface area contributed by atoms with E-state index in [0.717, 1.165) is 11.9 Å². The highest BCUT2D eigenvalue weighted by molar-refractivity contribution is 5.87. The van der Waals surface area contributed by atoms with E-state index in [-0.39, 0.29) is 48.1 Å². The van der Waals surface area contributed by atoms with Crippen LogP contribution in [0.5, 0.6) is 0 Å². The number of rotatable bonds is 5. The van der Waals surface area contributed by atoms with Gasteiger partial charge in [0.1, 0.15) is 0 Å². The van der Waals surface area contributed by atoms with Crippen LogP contribution in [0.15, 0.2) is 30.5 Å². The second-order valence-corrected chi connectivity index (χ2v) is 9.61. The zero-order chi connectivity index (χ0) is 22.8. The SMILES string of the molecule is O=C1CN(C(=O)C2CCOCC2)C[C@H]2C[C@H](C(=O)NCCc3c[nH]c4ccccc34)C[C@H]2N1. The summed E-state index contributed by atoms with van der Waals surface area (Å²) in [6, 6.07) is 8.11.